The number of alkyl halides is 6. The smallest absolute Gasteiger partial charge is 0.416 e. The van der Waals surface area contributed by atoms with Crippen molar-refractivity contribution in [1.29, 1.82) is 0 Å². The molecule has 3 heterocycles. The Bertz CT molecular complexity index is 1680. The molecule has 2 aliphatic rings. The van der Waals surface area contributed by atoms with Crippen LogP contribution in [0.5, 0.6) is 0 Å². The SMILES string of the molecule is CC12CCCN1N(Cc1cccc(Cl)c1F)C(=O)C(C(=O)Nc1ccc(C(F)(F)F)cc1-c1ccc(C(F)(F)I)nc1)=C2O. The first kappa shape index (κ1) is 32.0. The number of fused-ring (bicyclic) bond motifs is 1. The van der Waals surface area contributed by atoms with Crippen LogP contribution in [0, 0.1) is 5.82 Å². The number of benzene rings is 2. The number of hydrogen-bond donors (Lipinski definition) is 2. The normalized spacial score (nSPS) is 19.4. The summed E-state index contributed by atoms with van der Waals surface area (Å²) in [6, 6.07) is 8.67. The van der Waals surface area contributed by atoms with Gasteiger partial charge in [0.1, 0.15) is 22.8 Å². The molecule has 232 valence electrons. The predicted molar refractivity (Wildman–Crippen MR) is 157 cm³/mol. The molecule has 0 spiro atoms. The van der Waals surface area contributed by atoms with Crippen LogP contribution in [0.2, 0.25) is 5.02 Å². The van der Waals surface area contributed by atoms with Gasteiger partial charge in [-0.2, -0.15) is 22.0 Å². The first-order valence-corrected chi connectivity index (χ1v) is 14.5. The molecule has 44 heavy (non-hydrogen) atoms. The zero-order valence-corrected chi connectivity index (χ0v) is 25.6. The van der Waals surface area contributed by atoms with Crippen LogP contribution in [-0.2, 0) is 26.2 Å². The number of nitrogens with one attached hydrogen (secondary N) is 1. The number of nitrogens with zero attached hydrogens (tertiary/aromatic N) is 3. The molecule has 1 fully saturated rings. The number of halogens is 8. The van der Waals surface area contributed by atoms with E-state index in [4.69, 9.17) is 11.6 Å². The Balaban J connectivity index is 1.54. The summed E-state index contributed by atoms with van der Waals surface area (Å²) in [6.45, 7) is 1.59. The standard InChI is InChI=1S/C29H22ClF6IN4O3/c1-27-10-3-11-41(27)40(14-16-4-2-5-19(30)23(16)31)26(44)22(24(27)42)25(43)39-20-8-7-17(28(32,33)34)12-18(20)15-6-9-21(38-13-15)29(35,36)37/h2,4-9,12-13,42H,3,10-11,14H2,1H3,(H,39,43). The maximum Gasteiger partial charge on any atom is 0.416 e. The zero-order valence-electron chi connectivity index (χ0n) is 22.7. The molecule has 0 bridgehead atoms. The van der Waals surface area contributed by atoms with Gasteiger partial charge in [0, 0.05) is 57.7 Å². The maximum absolute atomic E-state index is 14.8. The lowest BCUT2D eigenvalue weighted by molar-refractivity contribution is -0.160. The Hall–Kier alpha value is -3.37. The van der Waals surface area contributed by atoms with Crippen LogP contribution in [0.25, 0.3) is 11.1 Å². The van der Waals surface area contributed by atoms with Gasteiger partial charge < -0.3 is 10.4 Å². The second kappa shape index (κ2) is 11.5. The highest BCUT2D eigenvalue weighted by molar-refractivity contribution is 14.1. The molecule has 15 heteroatoms. The van der Waals surface area contributed by atoms with E-state index in [-0.39, 0.29) is 33.9 Å². The highest BCUT2D eigenvalue weighted by Crippen LogP contribution is 2.43. The number of amides is 2. The van der Waals surface area contributed by atoms with Crippen LogP contribution in [-0.4, -0.2) is 44.0 Å². The number of anilines is 1. The van der Waals surface area contributed by atoms with E-state index >= 15 is 0 Å². The second-order valence-corrected chi connectivity index (χ2v) is 12.2. The summed E-state index contributed by atoms with van der Waals surface area (Å²) in [5.74, 6) is -3.42. The van der Waals surface area contributed by atoms with Crippen molar-refractivity contribution in [3.8, 4) is 11.1 Å². The Morgan fingerprint density at radius 3 is 2.52 bits per heavy atom. The zero-order chi connectivity index (χ0) is 32.2. The molecule has 2 aromatic carbocycles. The number of rotatable bonds is 6. The van der Waals surface area contributed by atoms with Crippen LogP contribution in [0.15, 0.2) is 66.1 Å². The van der Waals surface area contributed by atoms with E-state index < -0.39 is 55.9 Å². The second-order valence-electron chi connectivity index (χ2n) is 10.4. The van der Waals surface area contributed by atoms with Crippen molar-refractivity contribution in [3.63, 3.8) is 0 Å². The van der Waals surface area contributed by atoms with Gasteiger partial charge in [-0.05, 0) is 50.1 Å². The molecule has 0 radical (unpaired) electrons. The monoisotopic (exact) mass is 750 g/mol. The molecule has 1 atom stereocenters. The third-order valence-corrected chi connectivity index (χ3v) is 8.47. The van der Waals surface area contributed by atoms with Crippen molar-refractivity contribution < 1.29 is 41.0 Å². The minimum absolute atomic E-state index is 0.0315. The van der Waals surface area contributed by atoms with Crippen LogP contribution < -0.4 is 5.32 Å². The van der Waals surface area contributed by atoms with Crippen LogP contribution in [0.4, 0.5) is 32.0 Å². The van der Waals surface area contributed by atoms with Gasteiger partial charge in [-0.15, -0.1) is 0 Å². The summed E-state index contributed by atoms with van der Waals surface area (Å²) >= 11 is 6.78. The number of aliphatic hydroxyl groups excluding tert-OH is 1. The average molecular weight is 751 g/mol. The van der Waals surface area contributed by atoms with Crippen molar-refractivity contribution in [1.82, 2.24) is 15.0 Å². The summed E-state index contributed by atoms with van der Waals surface area (Å²) in [7, 11) is 0. The molecule has 0 saturated carbocycles. The molecule has 2 N–H and O–H groups in total. The van der Waals surface area contributed by atoms with Gasteiger partial charge in [-0.1, -0.05) is 29.8 Å². The van der Waals surface area contributed by atoms with Crippen LogP contribution in [0.3, 0.4) is 0 Å². The van der Waals surface area contributed by atoms with E-state index in [1.54, 1.807) is 11.9 Å². The highest BCUT2D eigenvalue weighted by atomic mass is 127. The number of aromatic nitrogens is 1. The quantitative estimate of drug-likeness (QED) is 0.117. The Morgan fingerprint density at radius 1 is 1.16 bits per heavy atom. The van der Waals surface area contributed by atoms with E-state index in [1.807, 2.05) is 0 Å². The fourth-order valence-corrected chi connectivity index (χ4v) is 5.87. The summed E-state index contributed by atoms with van der Waals surface area (Å²) in [6.07, 6.45) is -2.98. The molecule has 5 rings (SSSR count). The summed E-state index contributed by atoms with van der Waals surface area (Å²) in [4.78, 5) is 31.1. The highest BCUT2D eigenvalue weighted by Gasteiger charge is 2.52. The minimum atomic E-state index is -4.78. The van der Waals surface area contributed by atoms with Gasteiger partial charge in [-0.25, -0.2) is 9.40 Å². The van der Waals surface area contributed by atoms with Gasteiger partial charge in [0.15, 0.2) is 0 Å². The topological polar surface area (TPSA) is 85.8 Å². The van der Waals surface area contributed by atoms with E-state index in [1.165, 1.54) is 18.2 Å². The molecular formula is C29H22ClF6IN4O3. The summed E-state index contributed by atoms with van der Waals surface area (Å²) < 4.78 is 79.7. The van der Waals surface area contributed by atoms with Gasteiger partial charge in [0.05, 0.1) is 22.7 Å². The van der Waals surface area contributed by atoms with E-state index in [9.17, 15) is 41.0 Å². The molecule has 0 aliphatic carbocycles. The lowest BCUT2D eigenvalue weighted by Gasteiger charge is -2.46. The van der Waals surface area contributed by atoms with Crippen molar-refractivity contribution in [2.75, 3.05) is 11.9 Å². The Kier molecular flexibility index (Phi) is 8.39. The molecule has 1 unspecified atom stereocenters. The maximum atomic E-state index is 14.8. The lowest BCUT2D eigenvalue weighted by Crippen LogP contribution is -2.60. The van der Waals surface area contributed by atoms with Gasteiger partial charge in [0.2, 0.25) is 0 Å². The molecule has 2 amide bonds. The minimum Gasteiger partial charge on any atom is -0.509 e. The van der Waals surface area contributed by atoms with E-state index in [2.05, 4.69) is 10.3 Å². The molecule has 7 nitrogen and oxygen atoms in total. The summed E-state index contributed by atoms with van der Waals surface area (Å²) in [5, 5.41) is 16.2. The largest absolute Gasteiger partial charge is 0.509 e. The number of hydrazine groups is 1. The molecule has 3 aromatic rings. The van der Waals surface area contributed by atoms with Crippen LogP contribution in [0.1, 0.15) is 36.6 Å². The average Bonchev–Trinajstić information content (AvgIpc) is 3.35. The molecule has 1 saturated heterocycles. The molecular weight excluding hydrogens is 729 g/mol. The van der Waals surface area contributed by atoms with Gasteiger partial charge in [0.25, 0.3) is 11.8 Å². The van der Waals surface area contributed by atoms with E-state index in [0.717, 1.165) is 52.0 Å². The number of aliphatic hydroxyl groups is 1. The van der Waals surface area contributed by atoms with Crippen LogP contribution >= 0.6 is 34.2 Å². The molecule has 1 aromatic heterocycles. The van der Waals surface area contributed by atoms with Crippen molar-refractivity contribution in [2.45, 2.75) is 42.0 Å². The van der Waals surface area contributed by atoms with Crippen molar-refractivity contribution in [3.05, 3.63) is 93.7 Å². The lowest BCUT2D eigenvalue weighted by atomic mass is 9.90. The third kappa shape index (κ3) is 5.86. The van der Waals surface area contributed by atoms with Gasteiger partial charge >= 0.3 is 10.1 Å². The Labute approximate surface area is 265 Å². The molecule has 2 aliphatic heterocycles. The third-order valence-electron chi connectivity index (χ3n) is 7.63. The fourth-order valence-electron chi connectivity index (χ4n) is 5.35. The number of carbonyl (C=O) groups is 2. The summed E-state index contributed by atoms with van der Waals surface area (Å²) in [5.41, 5.74) is -4.03. The number of pyridine rings is 1. The first-order chi connectivity index (χ1) is 20.5. The number of carbonyl (C=O) groups excluding carboxylic acids is 2. The van der Waals surface area contributed by atoms with Crippen molar-refractivity contribution >= 4 is 51.7 Å². The Morgan fingerprint density at radius 2 is 1.89 bits per heavy atom. The van der Waals surface area contributed by atoms with E-state index in [0.29, 0.717) is 31.5 Å². The number of hydrogen-bond acceptors (Lipinski definition) is 5. The van der Waals surface area contributed by atoms with Gasteiger partial charge in [-0.3, -0.25) is 19.6 Å². The van der Waals surface area contributed by atoms with Crippen molar-refractivity contribution in [2.24, 2.45) is 0 Å². The predicted octanol–water partition coefficient (Wildman–Crippen LogP) is 7.61. The fraction of sp³-hybridized carbons (Fsp3) is 0.276. The first-order valence-electron chi connectivity index (χ1n) is 13.0.